The first-order chi connectivity index (χ1) is 9.11. The summed E-state index contributed by atoms with van der Waals surface area (Å²) >= 11 is 1.01. The Balaban J connectivity index is 2.23. The van der Waals surface area contributed by atoms with Gasteiger partial charge in [0.2, 0.25) is 0 Å². The standard InChI is InChI=1S/C15H12F2OS/c1-19-15-12(16)7-10(8-13(15)17)9-14(18)11-5-3-2-4-6-11/h2-8H,9H2,1H3. The molecule has 0 aliphatic heterocycles. The third-order valence-electron chi connectivity index (χ3n) is 2.72. The number of hydrogen-bond acceptors (Lipinski definition) is 2. The van der Waals surface area contributed by atoms with E-state index in [1.807, 2.05) is 6.07 Å². The second-order valence-electron chi connectivity index (χ2n) is 4.06. The molecule has 0 spiro atoms. The average Bonchev–Trinajstić information content (AvgIpc) is 2.39. The third kappa shape index (κ3) is 3.20. The van der Waals surface area contributed by atoms with Gasteiger partial charge in [0.1, 0.15) is 11.6 Å². The van der Waals surface area contributed by atoms with E-state index in [0.717, 1.165) is 11.8 Å². The lowest BCUT2D eigenvalue weighted by Crippen LogP contribution is -2.04. The molecule has 1 nitrogen and oxygen atoms in total. The fraction of sp³-hybridized carbons (Fsp3) is 0.133. The van der Waals surface area contributed by atoms with Crippen molar-refractivity contribution in [1.82, 2.24) is 0 Å². The lowest BCUT2D eigenvalue weighted by Gasteiger charge is -2.06. The minimum atomic E-state index is -0.622. The first-order valence-corrected chi connectivity index (χ1v) is 6.94. The van der Waals surface area contributed by atoms with Crippen LogP contribution < -0.4 is 0 Å². The highest BCUT2D eigenvalue weighted by Crippen LogP contribution is 2.24. The summed E-state index contributed by atoms with van der Waals surface area (Å²) < 4.78 is 27.2. The van der Waals surface area contributed by atoms with Crippen LogP contribution in [0, 0.1) is 11.6 Å². The van der Waals surface area contributed by atoms with Crippen LogP contribution in [0.5, 0.6) is 0 Å². The maximum absolute atomic E-state index is 13.6. The van der Waals surface area contributed by atoms with E-state index >= 15 is 0 Å². The van der Waals surface area contributed by atoms with Crippen molar-refractivity contribution in [2.24, 2.45) is 0 Å². The van der Waals surface area contributed by atoms with E-state index < -0.39 is 11.6 Å². The van der Waals surface area contributed by atoms with Gasteiger partial charge < -0.3 is 0 Å². The van der Waals surface area contributed by atoms with Gasteiger partial charge in [-0.1, -0.05) is 30.3 Å². The molecule has 0 aromatic heterocycles. The number of carbonyl (C=O) groups excluding carboxylic acids is 1. The molecule has 0 saturated heterocycles. The Kier molecular flexibility index (Phi) is 4.32. The summed E-state index contributed by atoms with van der Waals surface area (Å²) in [4.78, 5) is 11.9. The molecule has 0 aliphatic rings. The van der Waals surface area contributed by atoms with Crippen LogP contribution >= 0.6 is 11.8 Å². The summed E-state index contributed by atoms with van der Waals surface area (Å²) in [5.74, 6) is -1.40. The zero-order chi connectivity index (χ0) is 13.8. The van der Waals surface area contributed by atoms with Gasteiger partial charge in [0.25, 0.3) is 0 Å². The van der Waals surface area contributed by atoms with Crippen molar-refractivity contribution in [3.8, 4) is 0 Å². The maximum Gasteiger partial charge on any atom is 0.167 e. The molecule has 0 aliphatic carbocycles. The van der Waals surface area contributed by atoms with E-state index in [4.69, 9.17) is 0 Å². The van der Waals surface area contributed by atoms with E-state index in [1.54, 1.807) is 30.5 Å². The van der Waals surface area contributed by atoms with Gasteiger partial charge in [0.15, 0.2) is 5.78 Å². The number of benzene rings is 2. The van der Waals surface area contributed by atoms with Crippen molar-refractivity contribution in [2.75, 3.05) is 6.26 Å². The number of carbonyl (C=O) groups is 1. The minimum absolute atomic E-state index is 0.00743. The van der Waals surface area contributed by atoms with E-state index in [-0.39, 0.29) is 17.1 Å². The Labute approximate surface area is 114 Å². The Bertz CT molecular complexity index is 573. The zero-order valence-electron chi connectivity index (χ0n) is 10.3. The molecule has 19 heavy (non-hydrogen) atoms. The summed E-state index contributed by atoms with van der Waals surface area (Å²) in [5.41, 5.74) is 0.888. The summed E-state index contributed by atoms with van der Waals surface area (Å²) in [7, 11) is 0. The van der Waals surface area contributed by atoms with Crippen LogP contribution in [0.1, 0.15) is 15.9 Å². The second kappa shape index (κ2) is 5.97. The van der Waals surface area contributed by atoms with E-state index in [2.05, 4.69) is 0 Å². The summed E-state index contributed by atoms with van der Waals surface area (Å²) in [6.07, 6.45) is 1.60. The van der Waals surface area contributed by atoms with E-state index in [0.29, 0.717) is 11.1 Å². The van der Waals surface area contributed by atoms with Crippen molar-refractivity contribution < 1.29 is 13.6 Å². The quantitative estimate of drug-likeness (QED) is 0.618. The first kappa shape index (κ1) is 13.7. The van der Waals surface area contributed by atoms with Gasteiger partial charge in [-0.05, 0) is 24.0 Å². The summed E-state index contributed by atoms with van der Waals surface area (Å²) in [5, 5.41) is 0. The van der Waals surface area contributed by atoms with E-state index in [1.165, 1.54) is 12.1 Å². The zero-order valence-corrected chi connectivity index (χ0v) is 11.1. The van der Waals surface area contributed by atoms with Gasteiger partial charge in [-0.25, -0.2) is 8.78 Å². The van der Waals surface area contributed by atoms with Crippen molar-refractivity contribution in [3.05, 3.63) is 65.2 Å². The normalized spacial score (nSPS) is 10.5. The lowest BCUT2D eigenvalue weighted by atomic mass is 10.0. The van der Waals surface area contributed by atoms with Gasteiger partial charge in [0, 0.05) is 12.0 Å². The molecule has 2 aromatic rings. The molecule has 0 heterocycles. The van der Waals surface area contributed by atoms with Crippen LogP contribution in [0.25, 0.3) is 0 Å². The number of hydrogen-bond donors (Lipinski definition) is 0. The van der Waals surface area contributed by atoms with Crippen molar-refractivity contribution >= 4 is 17.5 Å². The van der Waals surface area contributed by atoms with Gasteiger partial charge >= 0.3 is 0 Å². The molecule has 4 heteroatoms. The average molecular weight is 278 g/mol. The molecule has 0 amide bonds. The van der Waals surface area contributed by atoms with Crippen molar-refractivity contribution in [3.63, 3.8) is 0 Å². The molecule has 98 valence electrons. The largest absolute Gasteiger partial charge is 0.294 e. The van der Waals surface area contributed by atoms with Crippen LogP contribution in [-0.2, 0) is 6.42 Å². The van der Waals surface area contributed by atoms with Crippen LogP contribution in [0.15, 0.2) is 47.4 Å². The molecule has 0 radical (unpaired) electrons. The summed E-state index contributed by atoms with van der Waals surface area (Å²) in [6.45, 7) is 0. The second-order valence-corrected chi connectivity index (χ2v) is 4.88. The smallest absolute Gasteiger partial charge is 0.167 e. The molecule has 0 unspecified atom stereocenters. The minimum Gasteiger partial charge on any atom is -0.294 e. The number of halogens is 2. The number of ketones is 1. The Morgan fingerprint density at radius 3 is 2.21 bits per heavy atom. The third-order valence-corrected chi connectivity index (χ3v) is 3.52. The highest BCUT2D eigenvalue weighted by Gasteiger charge is 2.13. The van der Waals surface area contributed by atoms with Crippen LogP contribution in [0.4, 0.5) is 8.78 Å². The van der Waals surface area contributed by atoms with Crippen molar-refractivity contribution in [2.45, 2.75) is 11.3 Å². The predicted molar refractivity (Wildman–Crippen MR) is 72.6 cm³/mol. The first-order valence-electron chi connectivity index (χ1n) is 5.72. The monoisotopic (exact) mass is 278 g/mol. The van der Waals surface area contributed by atoms with Crippen LogP contribution in [0.2, 0.25) is 0 Å². The van der Waals surface area contributed by atoms with Gasteiger partial charge in [0.05, 0.1) is 4.90 Å². The SMILES string of the molecule is CSc1c(F)cc(CC(=O)c2ccccc2)cc1F. The van der Waals surface area contributed by atoms with E-state index in [9.17, 15) is 13.6 Å². The van der Waals surface area contributed by atoms with Crippen molar-refractivity contribution in [1.29, 1.82) is 0 Å². The highest BCUT2D eigenvalue weighted by molar-refractivity contribution is 7.98. The number of rotatable bonds is 4. The molecule has 2 aromatic carbocycles. The molecule has 0 N–H and O–H groups in total. The maximum atomic E-state index is 13.6. The number of Topliss-reactive ketones (excluding diaryl/α,β-unsaturated/α-hetero) is 1. The Morgan fingerprint density at radius 2 is 1.68 bits per heavy atom. The molecule has 0 atom stereocenters. The fourth-order valence-electron chi connectivity index (χ4n) is 1.82. The van der Waals surface area contributed by atoms with Gasteiger partial charge in [-0.15, -0.1) is 11.8 Å². The molecule has 0 bridgehead atoms. The van der Waals surface area contributed by atoms with Gasteiger partial charge in [-0.2, -0.15) is 0 Å². The molecule has 0 fully saturated rings. The molecular formula is C15H12F2OS. The van der Waals surface area contributed by atoms with Gasteiger partial charge in [-0.3, -0.25) is 4.79 Å². The Hall–Kier alpha value is -1.68. The predicted octanol–water partition coefficient (Wildman–Crippen LogP) is 4.11. The molecule has 2 rings (SSSR count). The summed E-state index contributed by atoms with van der Waals surface area (Å²) in [6, 6.07) is 11.1. The molecular weight excluding hydrogens is 266 g/mol. The topological polar surface area (TPSA) is 17.1 Å². The highest BCUT2D eigenvalue weighted by atomic mass is 32.2. The molecule has 0 saturated carbocycles. The van der Waals surface area contributed by atoms with Crippen LogP contribution in [0.3, 0.4) is 0 Å². The fourth-order valence-corrected chi connectivity index (χ4v) is 2.33. The lowest BCUT2D eigenvalue weighted by molar-refractivity contribution is 0.0993. The number of thioether (sulfide) groups is 1. The van der Waals surface area contributed by atoms with Crippen LogP contribution in [-0.4, -0.2) is 12.0 Å². The Morgan fingerprint density at radius 1 is 1.11 bits per heavy atom.